The Labute approximate surface area is 104 Å². The average molecular weight is 244 g/mol. The third-order valence-corrected chi connectivity index (χ3v) is 3.10. The first-order chi connectivity index (χ1) is 8.16. The molecule has 2 aromatic heterocycles. The molecule has 0 aliphatic rings. The van der Waals surface area contributed by atoms with E-state index in [1.807, 2.05) is 49.0 Å². The van der Waals surface area contributed by atoms with Crippen LogP contribution in [0.5, 0.6) is 0 Å². The highest BCUT2D eigenvalue weighted by atomic mass is 32.1. The molecule has 0 bridgehead atoms. The van der Waals surface area contributed by atoms with E-state index in [0.717, 1.165) is 22.4 Å². The first kappa shape index (κ1) is 10.3. The van der Waals surface area contributed by atoms with Gasteiger partial charge in [-0.3, -0.25) is 9.25 Å². The molecule has 1 aromatic carbocycles. The van der Waals surface area contributed by atoms with Crippen molar-refractivity contribution in [1.82, 2.24) is 19.3 Å². The lowest BCUT2D eigenvalue weighted by atomic mass is 10.3. The van der Waals surface area contributed by atoms with Gasteiger partial charge in [0.05, 0.1) is 22.4 Å². The molecule has 1 N–H and O–H groups in total. The van der Waals surface area contributed by atoms with Gasteiger partial charge in [0.25, 0.3) is 0 Å². The van der Waals surface area contributed by atoms with Crippen LogP contribution in [0.4, 0.5) is 0 Å². The van der Waals surface area contributed by atoms with Gasteiger partial charge >= 0.3 is 0 Å². The molecule has 2 heterocycles. The molecule has 0 atom stereocenters. The number of para-hydroxylation sites is 2. The topological polar surface area (TPSA) is 38.5 Å². The predicted octanol–water partition coefficient (Wildman–Crippen LogP) is 2.73. The number of imidazole rings is 1. The second kappa shape index (κ2) is 3.56. The highest BCUT2D eigenvalue weighted by Crippen LogP contribution is 2.20. The Hall–Kier alpha value is -1.88. The average Bonchev–Trinajstić information content (AvgIpc) is 2.77. The summed E-state index contributed by atoms with van der Waals surface area (Å²) in [6.45, 7) is 1.98. The van der Waals surface area contributed by atoms with Gasteiger partial charge in [-0.1, -0.05) is 12.1 Å². The summed E-state index contributed by atoms with van der Waals surface area (Å²) >= 11 is 5.37. The van der Waals surface area contributed by atoms with Crippen LogP contribution in [0.1, 0.15) is 5.69 Å². The number of nitrogens with one attached hydrogen (secondary N) is 1. The monoisotopic (exact) mass is 244 g/mol. The predicted molar refractivity (Wildman–Crippen MR) is 70.0 cm³/mol. The molecule has 17 heavy (non-hydrogen) atoms. The molecule has 0 aliphatic heterocycles. The van der Waals surface area contributed by atoms with Gasteiger partial charge in [0.2, 0.25) is 0 Å². The molecule has 86 valence electrons. The Morgan fingerprint density at radius 2 is 2.06 bits per heavy atom. The third kappa shape index (κ3) is 1.51. The number of rotatable bonds is 1. The van der Waals surface area contributed by atoms with Crippen LogP contribution in [0, 0.1) is 11.7 Å². The molecule has 0 radical (unpaired) electrons. The van der Waals surface area contributed by atoms with E-state index in [1.165, 1.54) is 0 Å². The van der Waals surface area contributed by atoms with Gasteiger partial charge in [0, 0.05) is 13.2 Å². The van der Waals surface area contributed by atoms with Gasteiger partial charge in [0.1, 0.15) is 0 Å². The molecule has 0 saturated heterocycles. The molecular weight excluding hydrogens is 232 g/mol. The fourth-order valence-corrected chi connectivity index (χ4v) is 2.41. The van der Waals surface area contributed by atoms with E-state index in [4.69, 9.17) is 12.2 Å². The normalized spacial score (nSPS) is 11.2. The maximum Gasteiger partial charge on any atom is 0.182 e. The lowest BCUT2D eigenvalue weighted by molar-refractivity contribution is 0.756. The molecule has 3 rings (SSSR count). The van der Waals surface area contributed by atoms with Crippen molar-refractivity contribution in [2.24, 2.45) is 7.05 Å². The molecule has 0 amide bonds. The number of hydrogen-bond donors (Lipinski definition) is 1. The number of hydrogen-bond acceptors (Lipinski definition) is 2. The number of aryl methyl sites for hydroxylation is 2. The summed E-state index contributed by atoms with van der Waals surface area (Å²) < 4.78 is 4.52. The van der Waals surface area contributed by atoms with Crippen molar-refractivity contribution in [3.63, 3.8) is 0 Å². The van der Waals surface area contributed by atoms with E-state index >= 15 is 0 Å². The Kier molecular flexibility index (Phi) is 2.16. The van der Waals surface area contributed by atoms with Crippen LogP contribution in [0.15, 0.2) is 30.5 Å². The van der Waals surface area contributed by atoms with E-state index in [9.17, 15) is 0 Å². The van der Waals surface area contributed by atoms with Crippen molar-refractivity contribution in [2.45, 2.75) is 6.92 Å². The number of benzene rings is 1. The van der Waals surface area contributed by atoms with Crippen LogP contribution in [0.3, 0.4) is 0 Å². The van der Waals surface area contributed by atoms with Crippen LogP contribution in [0.25, 0.3) is 16.7 Å². The highest BCUT2D eigenvalue weighted by molar-refractivity contribution is 7.71. The summed E-state index contributed by atoms with van der Waals surface area (Å²) in [7, 11) is 1.91. The number of aromatic amines is 1. The smallest absolute Gasteiger partial charge is 0.182 e. The van der Waals surface area contributed by atoms with Gasteiger partial charge < -0.3 is 4.98 Å². The third-order valence-electron chi connectivity index (χ3n) is 2.82. The summed E-state index contributed by atoms with van der Waals surface area (Å²) in [6.07, 6.45) is 1.98. The second-order valence-electron chi connectivity index (χ2n) is 4.06. The summed E-state index contributed by atoms with van der Waals surface area (Å²) in [5.74, 6) is 0. The number of fused-ring (bicyclic) bond motifs is 1. The van der Waals surface area contributed by atoms with Gasteiger partial charge in [-0.05, 0) is 31.3 Å². The molecule has 3 aromatic rings. The zero-order chi connectivity index (χ0) is 12.0. The van der Waals surface area contributed by atoms with Crippen molar-refractivity contribution in [1.29, 1.82) is 0 Å². The van der Waals surface area contributed by atoms with Crippen LogP contribution in [-0.4, -0.2) is 19.3 Å². The van der Waals surface area contributed by atoms with Crippen LogP contribution >= 0.6 is 12.2 Å². The first-order valence-electron chi connectivity index (χ1n) is 5.37. The van der Waals surface area contributed by atoms with Gasteiger partial charge in [-0.2, -0.15) is 5.10 Å². The summed E-state index contributed by atoms with van der Waals surface area (Å²) in [4.78, 5) is 3.20. The largest absolute Gasteiger partial charge is 0.330 e. The Morgan fingerprint density at radius 3 is 2.76 bits per heavy atom. The Morgan fingerprint density at radius 1 is 1.29 bits per heavy atom. The van der Waals surface area contributed by atoms with Gasteiger partial charge in [-0.15, -0.1) is 0 Å². The molecule has 4 nitrogen and oxygen atoms in total. The SMILES string of the molecule is Cc1nn(C)cc1-n1c(=S)[nH]c2ccccc21. The molecular formula is C12H12N4S. The van der Waals surface area contributed by atoms with Gasteiger partial charge in [0.15, 0.2) is 4.77 Å². The minimum absolute atomic E-state index is 0.697. The van der Waals surface area contributed by atoms with E-state index in [2.05, 4.69) is 10.1 Å². The number of nitrogens with zero attached hydrogens (tertiary/aromatic N) is 3. The fourth-order valence-electron chi connectivity index (χ4n) is 2.10. The summed E-state index contributed by atoms with van der Waals surface area (Å²) in [5.41, 5.74) is 4.11. The van der Waals surface area contributed by atoms with E-state index in [1.54, 1.807) is 4.68 Å². The van der Waals surface area contributed by atoms with E-state index in [-0.39, 0.29) is 0 Å². The zero-order valence-corrected chi connectivity index (χ0v) is 10.5. The molecule has 0 saturated carbocycles. The standard InChI is InChI=1S/C12H12N4S/c1-8-11(7-15(2)14-8)16-10-6-4-3-5-9(10)13-12(16)17/h3-7H,1-2H3,(H,13,17). The highest BCUT2D eigenvalue weighted by Gasteiger charge is 2.10. The maximum absolute atomic E-state index is 5.37. The van der Waals surface area contributed by atoms with Crippen molar-refractivity contribution < 1.29 is 0 Å². The van der Waals surface area contributed by atoms with Crippen LogP contribution in [0.2, 0.25) is 0 Å². The molecule has 0 aliphatic carbocycles. The maximum atomic E-state index is 5.37. The van der Waals surface area contributed by atoms with Crippen molar-refractivity contribution in [2.75, 3.05) is 0 Å². The van der Waals surface area contributed by atoms with E-state index in [0.29, 0.717) is 4.77 Å². The molecule has 0 fully saturated rings. The quantitative estimate of drug-likeness (QED) is 0.668. The lowest BCUT2D eigenvalue weighted by Crippen LogP contribution is -1.94. The van der Waals surface area contributed by atoms with Crippen LogP contribution in [-0.2, 0) is 7.05 Å². The minimum atomic E-state index is 0.697. The summed E-state index contributed by atoms with van der Waals surface area (Å²) in [6, 6.07) is 8.07. The lowest BCUT2D eigenvalue weighted by Gasteiger charge is -2.01. The van der Waals surface area contributed by atoms with Crippen molar-refractivity contribution in [3.8, 4) is 5.69 Å². The Bertz CT molecular complexity index is 747. The number of H-pyrrole nitrogens is 1. The molecule has 0 unspecified atom stereocenters. The van der Waals surface area contributed by atoms with Crippen molar-refractivity contribution in [3.05, 3.63) is 40.9 Å². The summed E-state index contributed by atoms with van der Waals surface area (Å²) in [5, 5.41) is 4.35. The van der Waals surface area contributed by atoms with Crippen LogP contribution < -0.4 is 0 Å². The molecule has 0 spiro atoms. The second-order valence-corrected chi connectivity index (χ2v) is 4.44. The molecule has 5 heteroatoms. The van der Waals surface area contributed by atoms with Crippen molar-refractivity contribution >= 4 is 23.3 Å². The fraction of sp³-hybridized carbons (Fsp3) is 0.167. The number of aromatic nitrogens is 4. The van der Waals surface area contributed by atoms with Gasteiger partial charge in [-0.25, -0.2) is 0 Å². The van der Waals surface area contributed by atoms with E-state index < -0.39 is 0 Å². The first-order valence-corrected chi connectivity index (χ1v) is 5.78. The Balaban J connectivity index is 2.41. The zero-order valence-electron chi connectivity index (χ0n) is 9.64. The minimum Gasteiger partial charge on any atom is -0.330 e.